The van der Waals surface area contributed by atoms with Crippen LogP contribution in [0.2, 0.25) is 0 Å². The minimum atomic E-state index is -0.301. The molecule has 2 unspecified atom stereocenters. The summed E-state index contributed by atoms with van der Waals surface area (Å²) in [6.07, 6.45) is 2.13. The number of para-hydroxylation sites is 1. The molecule has 2 aliphatic rings. The molecule has 2 aromatic carbocycles. The van der Waals surface area contributed by atoms with Gasteiger partial charge in [-0.1, -0.05) is 18.2 Å². The van der Waals surface area contributed by atoms with Gasteiger partial charge in [0.15, 0.2) is 6.04 Å². The van der Waals surface area contributed by atoms with Crippen LogP contribution in [0.15, 0.2) is 59.4 Å². The monoisotopic (exact) mass is 502 g/mol. The molecule has 10 nitrogen and oxygen atoms in total. The number of benzene rings is 2. The molecule has 6 rings (SSSR count). The molecule has 4 aromatic rings. The quantitative estimate of drug-likeness (QED) is 0.392. The molecule has 192 valence electrons. The van der Waals surface area contributed by atoms with Gasteiger partial charge in [-0.15, -0.1) is 5.10 Å². The van der Waals surface area contributed by atoms with E-state index in [0.29, 0.717) is 23.7 Å². The van der Waals surface area contributed by atoms with Crippen molar-refractivity contribution in [3.8, 4) is 5.75 Å². The SMILES string of the molecule is COc1ccc2cc(C(c3nnnn3CC3CCCO3)[NH+]3CCN(c4ccccc4)CC3)c(=O)[nH]c2c1. The van der Waals surface area contributed by atoms with E-state index in [1.807, 2.05) is 35.0 Å². The largest absolute Gasteiger partial charge is 0.497 e. The molecule has 37 heavy (non-hydrogen) atoms. The minimum Gasteiger partial charge on any atom is -0.497 e. The predicted octanol–water partition coefficient (Wildman–Crippen LogP) is 1.20. The van der Waals surface area contributed by atoms with Crippen molar-refractivity contribution in [2.75, 3.05) is 44.8 Å². The first kappa shape index (κ1) is 23.6. The third-order valence-corrected chi connectivity index (χ3v) is 7.55. The topological polar surface area (TPSA) is 103 Å². The zero-order valence-corrected chi connectivity index (χ0v) is 21.0. The standard InChI is InChI=1S/C27H31N7O3/c1-36-21-10-9-19-16-23(27(35)28-24(19)17-21)25(26-29-30-31-34(26)18-22-8-5-15-37-22)33-13-11-32(12-14-33)20-6-3-2-4-7-20/h2-4,6-7,9-10,16-17,22,25H,5,8,11-15,18H2,1H3,(H,28,35)/p+1. The summed E-state index contributed by atoms with van der Waals surface area (Å²) in [6.45, 7) is 4.83. The summed E-state index contributed by atoms with van der Waals surface area (Å²) in [4.78, 5) is 20.3. The van der Waals surface area contributed by atoms with Crippen molar-refractivity contribution >= 4 is 16.6 Å². The zero-order chi connectivity index (χ0) is 25.2. The average molecular weight is 503 g/mol. The number of nitrogens with one attached hydrogen (secondary N) is 2. The highest BCUT2D eigenvalue weighted by molar-refractivity contribution is 5.80. The van der Waals surface area contributed by atoms with E-state index < -0.39 is 0 Å². The summed E-state index contributed by atoms with van der Waals surface area (Å²) in [5.41, 5.74) is 2.51. The first-order valence-electron chi connectivity index (χ1n) is 12.9. The number of fused-ring (bicyclic) bond motifs is 1. The van der Waals surface area contributed by atoms with Gasteiger partial charge in [0, 0.05) is 18.4 Å². The van der Waals surface area contributed by atoms with Gasteiger partial charge in [0.25, 0.3) is 5.56 Å². The Kier molecular flexibility index (Phi) is 6.58. The normalized spacial score (nSPS) is 19.4. The second-order valence-corrected chi connectivity index (χ2v) is 9.78. The van der Waals surface area contributed by atoms with Crippen LogP contribution >= 0.6 is 0 Å². The van der Waals surface area contributed by atoms with Crippen LogP contribution in [0.1, 0.15) is 30.3 Å². The van der Waals surface area contributed by atoms with Crippen LogP contribution < -0.4 is 20.1 Å². The van der Waals surface area contributed by atoms with E-state index in [-0.39, 0.29) is 17.7 Å². The molecule has 0 bridgehead atoms. The minimum absolute atomic E-state index is 0.0928. The van der Waals surface area contributed by atoms with Crippen molar-refractivity contribution in [3.63, 3.8) is 0 Å². The summed E-state index contributed by atoms with van der Waals surface area (Å²) >= 11 is 0. The molecule has 2 N–H and O–H groups in total. The van der Waals surface area contributed by atoms with E-state index >= 15 is 0 Å². The predicted molar refractivity (Wildman–Crippen MR) is 139 cm³/mol. The lowest BCUT2D eigenvalue weighted by molar-refractivity contribution is -0.927. The summed E-state index contributed by atoms with van der Waals surface area (Å²) in [7, 11) is 1.62. The van der Waals surface area contributed by atoms with Gasteiger partial charge >= 0.3 is 0 Å². The number of aromatic nitrogens is 5. The number of nitrogens with zero attached hydrogens (tertiary/aromatic N) is 5. The summed E-state index contributed by atoms with van der Waals surface area (Å²) in [5.74, 6) is 1.41. The van der Waals surface area contributed by atoms with E-state index in [1.165, 1.54) is 10.6 Å². The van der Waals surface area contributed by atoms with Crippen molar-refractivity contribution in [1.29, 1.82) is 0 Å². The van der Waals surface area contributed by atoms with Crippen molar-refractivity contribution < 1.29 is 14.4 Å². The molecule has 2 atom stereocenters. The van der Waals surface area contributed by atoms with Gasteiger partial charge in [-0.25, -0.2) is 4.68 Å². The van der Waals surface area contributed by atoms with Crippen molar-refractivity contribution in [2.45, 2.75) is 31.5 Å². The molecule has 0 radical (unpaired) electrons. The molecule has 0 spiro atoms. The molecule has 10 heteroatoms. The molecule has 0 amide bonds. The number of piperazine rings is 1. The summed E-state index contributed by atoms with van der Waals surface area (Å²) < 4.78 is 13.1. The number of rotatable bonds is 7. The van der Waals surface area contributed by atoms with E-state index in [2.05, 4.69) is 49.7 Å². The number of H-pyrrole nitrogens is 1. The van der Waals surface area contributed by atoms with Gasteiger partial charge in [-0.2, -0.15) is 0 Å². The fourth-order valence-corrected chi connectivity index (χ4v) is 5.59. The van der Waals surface area contributed by atoms with Crippen LogP contribution in [0.5, 0.6) is 5.75 Å². The van der Waals surface area contributed by atoms with Gasteiger partial charge in [-0.05, 0) is 59.0 Å². The Labute approximate surface area is 214 Å². The molecule has 0 aliphatic carbocycles. The second kappa shape index (κ2) is 10.3. The van der Waals surface area contributed by atoms with Crippen LogP contribution in [0.25, 0.3) is 10.9 Å². The van der Waals surface area contributed by atoms with E-state index in [1.54, 1.807) is 7.11 Å². The van der Waals surface area contributed by atoms with Crippen LogP contribution in [0, 0.1) is 0 Å². The van der Waals surface area contributed by atoms with Crippen molar-refractivity contribution in [1.82, 2.24) is 25.2 Å². The molecule has 2 aliphatic heterocycles. The third-order valence-electron chi connectivity index (χ3n) is 7.55. The number of anilines is 1. The number of methoxy groups -OCH3 is 1. The van der Waals surface area contributed by atoms with Crippen LogP contribution in [0.4, 0.5) is 5.69 Å². The van der Waals surface area contributed by atoms with Crippen molar-refractivity contribution in [3.05, 3.63) is 76.3 Å². The lowest BCUT2D eigenvalue weighted by Crippen LogP contribution is -3.15. The number of tetrazole rings is 1. The maximum Gasteiger partial charge on any atom is 0.258 e. The highest BCUT2D eigenvalue weighted by Crippen LogP contribution is 2.23. The third kappa shape index (κ3) is 4.82. The molecule has 4 heterocycles. The maximum atomic E-state index is 13.5. The smallest absolute Gasteiger partial charge is 0.258 e. The fraction of sp³-hybridized carbons (Fsp3) is 0.407. The van der Waals surface area contributed by atoms with Gasteiger partial charge in [0.05, 0.1) is 57.0 Å². The van der Waals surface area contributed by atoms with Crippen LogP contribution in [-0.2, 0) is 11.3 Å². The van der Waals surface area contributed by atoms with E-state index in [0.717, 1.165) is 56.5 Å². The Morgan fingerprint density at radius 2 is 2.00 bits per heavy atom. The molecule has 2 aromatic heterocycles. The highest BCUT2D eigenvalue weighted by atomic mass is 16.5. The second-order valence-electron chi connectivity index (χ2n) is 9.78. The first-order valence-corrected chi connectivity index (χ1v) is 12.9. The number of quaternary nitrogens is 1. The van der Waals surface area contributed by atoms with Gasteiger partial charge < -0.3 is 24.3 Å². The number of hydrogen-bond donors (Lipinski definition) is 2. The molecule has 2 saturated heterocycles. The van der Waals surface area contributed by atoms with Gasteiger partial charge in [-0.3, -0.25) is 4.79 Å². The molecular formula is C27H32N7O3+. The lowest BCUT2D eigenvalue weighted by atomic mass is 10.0. The Balaban J connectivity index is 1.37. The number of pyridine rings is 1. The van der Waals surface area contributed by atoms with E-state index in [4.69, 9.17) is 9.47 Å². The van der Waals surface area contributed by atoms with E-state index in [9.17, 15) is 4.79 Å². The maximum absolute atomic E-state index is 13.5. The van der Waals surface area contributed by atoms with Crippen molar-refractivity contribution in [2.24, 2.45) is 0 Å². The Morgan fingerprint density at radius 3 is 2.76 bits per heavy atom. The number of ether oxygens (including phenoxy) is 2. The van der Waals surface area contributed by atoms with Gasteiger partial charge in [0.2, 0.25) is 5.82 Å². The highest BCUT2D eigenvalue weighted by Gasteiger charge is 2.37. The Morgan fingerprint density at radius 1 is 1.16 bits per heavy atom. The molecular weight excluding hydrogens is 470 g/mol. The number of aromatic amines is 1. The molecule has 0 saturated carbocycles. The summed E-state index contributed by atoms with van der Waals surface area (Å²) in [6, 6.07) is 17.9. The number of hydrogen-bond acceptors (Lipinski definition) is 7. The zero-order valence-electron chi connectivity index (χ0n) is 21.0. The van der Waals surface area contributed by atoms with Crippen LogP contribution in [0.3, 0.4) is 0 Å². The fourth-order valence-electron chi connectivity index (χ4n) is 5.59. The first-order chi connectivity index (χ1) is 18.2. The van der Waals surface area contributed by atoms with Gasteiger partial charge in [0.1, 0.15) is 5.75 Å². The Bertz CT molecular complexity index is 1410. The summed E-state index contributed by atoms with van der Waals surface area (Å²) in [5, 5.41) is 13.8. The Hall–Kier alpha value is -3.76. The van der Waals surface area contributed by atoms with Crippen LogP contribution in [-0.4, -0.2) is 71.2 Å². The lowest BCUT2D eigenvalue weighted by Gasteiger charge is -2.37. The molecule has 2 fully saturated rings. The average Bonchev–Trinajstić information content (AvgIpc) is 3.63.